The van der Waals surface area contributed by atoms with Crippen molar-refractivity contribution in [1.82, 2.24) is 4.57 Å². The van der Waals surface area contributed by atoms with Crippen molar-refractivity contribution in [3.05, 3.63) is 241 Å². The average molecular weight is 832 g/mol. The molecule has 0 saturated heterocycles. The molecule has 11 aromatic rings. The SMILES string of the molecule is CC1(C)c2ccccc2C2(c3ccccc31)c1cc(-n3c4ccccc4c4ccc5oc6ccccc6c5c43)sc1C1(c3ccccc3C(C)(C)c3ccccc31)c1ccsc12. The molecule has 0 unspecified atom stereocenters. The van der Waals surface area contributed by atoms with E-state index in [1.165, 1.54) is 92.2 Å². The average Bonchev–Trinajstić information content (AvgIpc) is 4.12. The number of para-hydroxylation sites is 2. The van der Waals surface area contributed by atoms with E-state index in [0.29, 0.717) is 0 Å². The third-order valence-corrected chi connectivity index (χ3v) is 17.6. The number of benzene rings is 7. The van der Waals surface area contributed by atoms with E-state index in [2.05, 4.69) is 208 Å². The van der Waals surface area contributed by atoms with Gasteiger partial charge in [-0.2, -0.15) is 0 Å². The maximum atomic E-state index is 6.63. The smallest absolute Gasteiger partial charge is 0.137 e. The van der Waals surface area contributed by atoms with E-state index < -0.39 is 10.8 Å². The van der Waals surface area contributed by atoms with Gasteiger partial charge in [-0.05, 0) is 97.4 Å². The summed E-state index contributed by atoms with van der Waals surface area (Å²) >= 11 is 3.93. The molecule has 0 atom stereocenters. The molecule has 296 valence electrons. The highest BCUT2D eigenvalue weighted by atomic mass is 32.1. The molecular formula is C58H41NOS2. The van der Waals surface area contributed by atoms with Crippen LogP contribution in [-0.4, -0.2) is 4.57 Å². The molecule has 3 aliphatic rings. The largest absolute Gasteiger partial charge is 0.456 e. The zero-order valence-corrected chi connectivity index (χ0v) is 36.5. The normalized spacial score (nSPS) is 16.9. The summed E-state index contributed by atoms with van der Waals surface area (Å²) in [6, 6.07) is 64.6. The van der Waals surface area contributed by atoms with Gasteiger partial charge >= 0.3 is 0 Å². The highest BCUT2D eigenvalue weighted by Gasteiger charge is 2.62. The van der Waals surface area contributed by atoms with E-state index >= 15 is 0 Å². The highest BCUT2D eigenvalue weighted by molar-refractivity contribution is 7.15. The third kappa shape index (κ3) is 3.91. The molecule has 0 N–H and O–H groups in total. The molecule has 0 bridgehead atoms. The van der Waals surface area contributed by atoms with Crippen molar-refractivity contribution in [1.29, 1.82) is 0 Å². The lowest BCUT2D eigenvalue weighted by Gasteiger charge is -2.55. The molecule has 7 aromatic carbocycles. The summed E-state index contributed by atoms with van der Waals surface area (Å²) < 4.78 is 9.21. The van der Waals surface area contributed by atoms with Gasteiger partial charge in [-0.3, -0.25) is 4.57 Å². The molecule has 4 heterocycles. The number of thiophene rings is 2. The van der Waals surface area contributed by atoms with Crippen molar-refractivity contribution in [2.75, 3.05) is 0 Å². The maximum absolute atomic E-state index is 6.63. The molecule has 3 aliphatic carbocycles. The van der Waals surface area contributed by atoms with Gasteiger partial charge in [-0.15, -0.1) is 22.7 Å². The van der Waals surface area contributed by atoms with Crippen LogP contribution in [0.1, 0.15) is 93.1 Å². The van der Waals surface area contributed by atoms with Crippen molar-refractivity contribution in [2.24, 2.45) is 0 Å². The Balaban J connectivity index is 1.23. The quantitative estimate of drug-likeness (QED) is 0.161. The first-order valence-electron chi connectivity index (χ1n) is 21.8. The number of hydrogen-bond donors (Lipinski definition) is 0. The lowest BCUT2D eigenvalue weighted by molar-refractivity contribution is 0.522. The Bertz CT molecular complexity index is 3480. The number of rotatable bonds is 1. The second-order valence-electron chi connectivity index (χ2n) is 18.7. The second-order valence-corrected chi connectivity index (χ2v) is 20.7. The molecule has 0 fully saturated rings. The van der Waals surface area contributed by atoms with Gasteiger partial charge in [0.1, 0.15) is 16.2 Å². The predicted molar refractivity (Wildman–Crippen MR) is 258 cm³/mol. The van der Waals surface area contributed by atoms with Gasteiger partial charge in [0.15, 0.2) is 0 Å². The van der Waals surface area contributed by atoms with Gasteiger partial charge < -0.3 is 4.42 Å². The van der Waals surface area contributed by atoms with Crippen molar-refractivity contribution in [3.63, 3.8) is 0 Å². The molecule has 4 aromatic heterocycles. The number of nitrogens with zero attached hydrogens (tertiary/aromatic N) is 1. The fourth-order valence-corrected chi connectivity index (χ4v) is 15.4. The van der Waals surface area contributed by atoms with Crippen LogP contribution in [0.15, 0.2) is 180 Å². The number of furan rings is 1. The molecule has 2 spiro atoms. The fourth-order valence-electron chi connectivity index (χ4n) is 12.7. The number of aromatic nitrogens is 1. The summed E-state index contributed by atoms with van der Waals surface area (Å²) in [4.78, 5) is 2.81. The van der Waals surface area contributed by atoms with E-state index in [1.54, 1.807) is 0 Å². The Morgan fingerprint density at radius 2 is 0.919 bits per heavy atom. The molecule has 0 saturated carbocycles. The summed E-state index contributed by atoms with van der Waals surface area (Å²) in [6.45, 7) is 9.69. The van der Waals surface area contributed by atoms with E-state index in [4.69, 9.17) is 4.42 Å². The van der Waals surface area contributed by atoms with Crippen LogP contribution in [0.2, 0.25) is 0 Å². The van der Waals surface area contributed by atoms with Crippen molar-refractivity contribution in [3.8, 4) is 5.00 Å². The summed E-state index contributed by atoms with van der Waals surface area (Å²) in [5, 5.41) is 8.38. The first-order valence-corrected chi connectivity index (χ1v) is 23.4. The van der Waals surface area contributed by atoms with Crippen LogP contribution in [-0.2, 0) is 21.7 Å². The van der Waals surface area contributed by atoms with Gasteiger partial charge in [-0.25, -0.2) is 0 Å². The summed E-state index contributed by atoms with van der Waals surface area (Å²) in [5.41, 5.74) is 16.6. The molecule has 0 radical (unpaired) electrons. The molecule has 0 aliphatic heterocycles. The zero-order valence-electron chi connectivity index (χ0n) is 34.9. The number of fused-ring (bicyclic) bond motifs is 21. The standard InChI is InChI=1S/C58H41NOS2/c1-55(2)37-19-7-11-23-41(37)57(42-24-12-8-20-38(42)55)45-31-32-61-53(45)58(43-25-13-9-21-39(43)56(3,4)40-22-10-14-26-44(40)58)46-33-50(62-54(46)57)59-47-27-15-5-17-34(47)35-29-30-49-51(52(35)59)36-18-6-16-28-48(36)60-49/h5-33H,1-4H3. The van der Waals surface area contributed by atoms with Crippen molar-refractivity contribution in [2.45, 2.75) is 49.4 Å². The fraction of sp³-hybridized carbons (Fsp3) is 0.138. The summed E-state index contributed by atoms with van der Waals surface area (Å²) in [6.07, 6.45) is 0. The molecule has 62 heavy (non-hydrogen) atoms. The van der Waals surface area contributed by atoms with Crippen LogP contribution >= 0.6 is 22.7 Å². The zero-order chi connectivity index (χ0) is 41.3. The molecule has 14 rings (SSSR count). The van der Waals surface area contributed by atoms with Crippen molar-refractivity contribution >= 4 is 66.4 Å². The first-order chi connectivity index (χ1) is 30.3. The van der Waals surface area contributed by atoms with Crippen LogP contribution in [0.5, 0.6) is 0 Å². The lowest BCUT2D eigenvalue weighted by atomic mass is 9.48. The first kappa shape index (κ1) is 35.2. The number of hydrogen-bond acceptors (Lipinski definition) is 3. The van der Waals surface area contributed by atoms with E-state index in [1.807, 2.05) is 22.7 Å². The van der Waals surface area contributed by atoms with E-state index in [9.17, 15) is 0 Å². The van der Waals surface area contributed by atoms with Gasteiger partial charge in [0.25, 0.3) is 0 Å². The highest BCUT2D eigenvalue weighted by Crippen LogP contribution is 2.69. The van der Waals surface area contributed by atoms with Gasteiger partial charge in [-0.1, -0.05) is 161 Å². The predicted octanol–water partition coefficient (Wildman–Crippen LogP) is 15.2. The molecular weight excluding hydrogens is 791 g/mol. The third-order valence-electron chi connectivity index (χ3n) is 15.3. The maximum Gasteiger partial charge on any atom is 0.137 e. The molecule has 2 nitrogen and oxygen atoms in total. The second kappa shape index (κ2) is 11.7. The summed E-state index contributed by atoms with van der Waals surface area (Å²) in [7, 11) is 0. The lowest BCUT2D eigenvalue weighted by Crippen LogP contribution is -2.50. The molecule has 0 amide bonds. The van der Waals surface area contributed by atoms with E-state index in [0.717, 1.165) is 21.9 Å². The minimum absolute atomic E-state index is 0.196. The van der Waals surface area contributed by atoms with Gasteiger partial charge in [0.05, 0.1) is 27.2 Å². The van der Waals surface area contributed by atoms with Crippen LogP contribution in [0.25, 0.3) is 48.7 Å². The van der Waals surface area contributed by atoms with E-state index in [-0.39, 0.29) is 10.8 Å². The van der Waals surface area contributed by atoms with Gasteiger partial charge in [0, 0.05) is 36.7 Å². The Morgan fingerprint density at radius 3 is 1.52 bits per heavy atom. The Morgan fingerprint density at radius 1 is 0.419 bits per heavy atom. The Labute approximate surface area is 368 Å². The topological polar surface area (TPSA) is 18.1 Å². The minimum atomic E-state index is -0.561. The Kier molecular flexibility index (Phi) is 6.64. The van der Waals surface area contributed by atoms with Crippen LogP contribution in [0.3, 0.4) is 0 Å². The van der Waals surface area contributed by atoms with Crippen LogP contribution < -0.4 is 0 Å². The summed E-state index contributed by atoms with van der Waals surface area (Å²) in [5.74, 6) is 0. The van der Waals surface area contributed by atoms with Crippen LogP contribution in [0.4, 0.5) is 0 Å². The Hall–Kier alpha value is -6.46. The van der Waals surface area contributed by atoms with Gasteiger partial charge in [0.2, 0.25) is 0 Å². The minimum Gasteiger partial charge on any atom is -0.456 e. The molecule has 4 heteroatoms. The monoisotopic (exact) mass is 831 g/mol. The van der Waals surface area contributed by atoms with Crippen LogP contribution in [0, 0.1) is 0 Å². The van der Waals surface area contributed by atoms with Crippen molar-refractivity contribution < 1.29 is 4.42 Å².